The van der Waals surface area contributed by atoms with Gasteiger partial charge in [0.1, 0.15) is 6.33 Å². The highest BCUT2D eigenvalue weighted by Crippen LogP contribution is 2.20. The number of fused-ring (bicyclic) bond motifs is 3. The Morgan fingerprint density at radius 2 is 1.86 bits per heavy atom. The molecule has 0 saturated heterocycles. The Labute approximate surface area is 166 Å². The molecule has 0 radical (unpaired) electrons. The van der Waals surface area contributed by atoms with Gasteiger partial charge in [-0.2, -0.15) is 5.10 Å². The molecule has 0 bridgehead atoms. The average molecular weight is 383 g/mol. The molecule has 8 heteroatoms. The Kier molecular flexibility index (Phi) is 4.21. The fraction of sp³-hybridized carbons (Fsp3) is 0.0952. The Balaban J connectivity index is 1.41. The minimum Gasteiger partial charge on any atom is -0.387 e. The van der Waals surface area contributed by atoms with Crippen molar-refractivity contribution < 1.29 is 4.84 Å². The number of aromatic nitrogens is 6. The van der Waals surface area contributed by atoms with Gasteiger partial charge in [0.05, 0.1) is 23.5 Å². The summed E-state index contributed by atoms with van der Waals surface area (Å²) < 4.78 is 3.42. The molecular formula is C21H17N7O. The van der Waals surface area contributed by atoms with Crippen LogP contribution in [0.5, 0.6) is 0 Å². The van der Waals surface area contributed by atoms with Crippen LogP contribution in [0.3, 0.4) is 0 Å². The van der Waals surface area contributed by atoms with Crippen LogP contribution >= 0.6 is 0 Å². The van der Waals surface area contributed by atoms with Gasteiger partial charge in [-0.25, -0.2) is 19.2 Å². The fourth-order valence-electron chi connectivity index (χ4n) is 3.03. The van der Waals surface area contributed by atoms with Crippen LogP contribution in [0.2, 0.25) is 0 Å². The van der Waals surface area contributed by atoms with E-state index in [1.807, 2.05) is 54.6 Å². The van der Waals surface area contributed by atoms with E-state index < -0.39 is 0 Å². The normalized spacial score (nSPS) is 11.6. The van der Waals surface area contributed by atoms with E-state index in [4.69, 9.17) is 4.84 Å². The molecule has 0 fully saturated rings. The predicted octanol–water partition coefficient (Wildman–Crippen LogP) is 3.32. The summed E-state index contributed by atoms with van der Waals surface area (Å²) in [5.74, 6) is 0.521. The highest BCUT2D eigenvalue weighted by atomic mass is 16.6. The van der Waals surface area contributed by atoms with E-state index >= 15 is 0 Å². The van der Waals surface area contributed by atoms with Gasteiger partial charge in [0.15, 0.2) is 23.7 Å². The van der Waals surface area contributed by atoms with Crippen molar-refractivity contribution in [2.75, 3.05) is 0 Å². The summed E-state index contributed by atoms with van der Waals surface area (Å²) in [7, 11) is 0. The van der Waals surface area contributed by atoms with E-state index in [1.165, 1.54) is 5.56 Å². The topological polar surface area (TPSA) is 82.5 Å². The summed E-state index contributed by atoms with van der Waals surface area (Å²) in [6.07, 6.45) is 5.04. The summed E-state index contributed by atoms with van der Waals surface area (Å²) in [6, 6.07) is 17.9. The van der Waals surface area contributed by atoms with Crippen LogP contribution in [0.1, 0.15) is 17.0 Å². The van der Waals surface area contributed by atoms with Crippen molar-refractivity contribution in [3.63, 3.8) is 0 Å². The van der Waals surface area contributed by atoms with Gasteiger partial charge in [0.2, 0.25) is 0 Å². The first-order valence-corrected chi connectivity index (χ1v) is 9.13. The Morgan fingerprint density at radius 1 is 1.03 bits per heavy atom. The summed E-state index contributed by atoms with van der Waals surface area (Å²) in [5, 5.41) is 13.7. The minimum atomic E-state index is 0.165. The number of rotatable bonds is 5. The van der Waals surface area contributed by atoms with E-state index in [-0.39, 0.29) is 6.61 Å². The molecule has 5 rings (SSSR count). The first-order valence-electron chi connectivity index (χ1n) is 9.13. The van der Waals surface area contributed by atoms with Gasteiger partial charge < -0.3 is 4.84 Å². The Morgan fingerprint density at radius 3 is 2.69 bits per heavy atom. The lowest BCUT2D eigenvalue weighted by Crippen LogP contribution is -1.99. The molecule has 0 amide bonds. The molecule has 8 nitrogen and oxygen atoms in total. The molecule has 0 N–H and O–H groups in total. The van der Waals surface area contributed by atoms with Crippen LogP contribution < -0.4 is 0 Å². The highest BCUT2D eigenvalue weighted by Gasteiger charge is 2.13. The first kappa shape index (κ1) is 17.1. The molecule has 0 aliphatic rings. The minimum absolute atomic E-state index is 0.165. The van der Waals surface area contributed by atoms with Gasteiger partial charge in [-0.1, -0.05) is 53.2 Å². The van der Waals surface area contributed by atoms with Crippen molar-refractivity contribution in [1.82, 2.24) is 29.4 Å². The smallest absolute Gasteiger partial charge is 0.192 e. The molecule has 0 spiro atoms. The van der Waals surface area contributed by atoms with Gasteiger partial charge in [-0.3, -0.25) is 0 Å². The number of aryl methyl sites for hydroxylation is 1. The van der Waals surface area contributed by atoms with E-state index in [1.54, 1.807) is 27.9 Å². The SMILES string of the molecule is Cc1ccc(-n2ncc3c2ncn2nc(CON=Cc4ccccc4)nc32)cc1. The molecule has 3 heterocycles. The number of oxime groups is 1. The molecule has 5 aromatic rings. The largest absolute Gasteiger partial charge is 0.387 e. The second-order valence-electron chi connectivity index (χ2n) is 6.59. The van der Waals surface area contributed by atoms with Gasteiger partial charge in [-0.05, 0) is 24.6 Å². The van der Waals surface area contributed by atoms with Gasteiger partial charge >= 0.3 is 0 Å². The third kappa shape index (κ3) is 3.31. The number of benzene rings is 2. The van der Waals surface area contributed by atoms with Gasteiger partial charge in [0.25, 0.3) is 0 Å². The summed E-state index contributed by atoms with van der Waals surface area (Å²) in [6.45, 7) is 2.22. The molecule has 29 heavy (non-hydrogen) atoms. The number of hydrogen-bond donors (Lipinski definition) is 0. The molecule has 2 aromatic carbocycles. The maximum absolute atomic E-state index is 5.34. The lowest BCUT2D eigenvalue weighted by atomic mass is 10.2. The van der Waals surface area contributed by atoms with Crippen molar-refractivity contribution in [3.05, 3.63) is 84.1 Å². The third-order valence-electron chi connectivity index (χ3n) is 4.50. The van der Waals surface area contributed by atoms with Crippen LogP contribution in [0.4, 0.5) is 0 Å². The van der Waals surface area contributed by atoms with Crippen molar-refractivity contribution in [2.45, 2.75) is 13.5 Å². The molecular weight excluding hydrogens is 366 g/mol. The lowest BCUT2D eigenvalue weighted by Gasteiger charge is -2.03. The summed E-state index contributed by atoms with van der Waals surface area (Å²) in [4.78, 5) is 14.4. The average Bonchev–Trinajstić information content (AvgIpc) is 3.36. The van der Waals surface area contributed by atoms with Crippen LogP contribution in [-0.2, 0) is 11.4 Å². The van der Waals surface area contributed by atoms with Gasteiger partial charge in [0, 0.05) is 0 Å². The van der Waals surface area contributed by atoms with E-state index in [0.29, 0.717) is 11.5 Å². The first-order chi connectivity index (χ1) is 14.3. The molecule has 0 unspecified atom stereocenters. The molecule has 0 saturated carbocycles. The standard InChI is InChI=1S/C21H17N7O/c1-15-7-9-17(10-8-15)28-20-18(12-23-28)21-25-19(26-27(21)14-22-20)13-29-24-11-16-5-3-2-4-6-16/h2-12,14H,13H2,1H3. The summed E-state index contributed by atoms with van der Waals surface area (Å²) >= 11 is 0. The second-order valence-corrected chi connectivity index (χ2v) is 6.59. The van der Waals surface area contributed by atoms with Crippen molar-refractivity contribution in [3.8, 4) is 5.69 Å². The fourth-order valence-corrected chi connectivity index (χ4v) is 3.03. The zero-order valence-electron chi connectivity index (χ0n) is 15.7. The lowest BCUT2D eigenvalue weighted by molar-refractivity contribution is 0.126. The van der Waals surface area contributed by atoms with Crippen molar-refractivity contribution >= 4 is 22.9 Å². The van der Waals surface area contributed by atoms with Crippen LogP contribution in [0.15, 0.2) is 72.3 Å². The highest BCUT2D eigenvalue weighted by molar-refractivity contribution is 5.89. The van der Waals surface area contributed by atoms with Crippen LogP contribution in [0, 0.1) is 6.92 Å². The van der Waals surface area contributed by atoms with Crippen LogP contribution in [0.25, 0.3) is 22.4 Å². The molecule has 0 aliphatic carbocycles. The summed E-state index contributed by atoms with van der Waals surface area (Å²) in [5.41, 5.74) is 4.51. The Hall–Kier alpha value is -4.07. The zero-order valence-corrected chi connectivity index (χ0v) is 15.7. The quantitative estimate of drug-likeness (QED) is 0.343. The molecule has 142 valence electrons. The zero-order chi connectivity index (χ0) is 19.6. The van der Waals surface area contributed by atoms with Crippen molar-refractivity contribution in [1.29, 1.82) is 0 Å². The van der Waals surface area contributed by atoms with Crippen molar-refractivity contribution in [2.24, 2.45) is 5.16 Å². The maximum atomic E-state index is 5.34. The number of hydrogen-bond acceptors (Lipinski definition) is 6. The molecule has 0 atom stereocenters. The maximum Gasteiger partial charge on any atom is 0.192 e. The van der Waals surface area contributed by atoms with E-state index in [0.717, 1.165) is 22.3 Å². The second kappa shape index (κ2) is 7.16. The third-order valence-corrected chi connectivity index (χ3v) is 4.50. The van der Waals surface area contributed by atoms with E-state index in [2.05, 4.69) is 32.2 Å². The molecule has 3 aromatic heterocycles. The van der Waals surface area contributed by atoms with Gasteiger partial charge in [-0.15, -0.1) is 5.10 Å². The van der Waals surface area contributed by atoms with Crippen LogP contribution in [-0.4, -0.2) is 35.6 Å². The Bertz CT molecular complexity index is 1300. The molecule has 0 aliphatic heterocycles. The predicted molar refractivity (Wildman–Crippen MR) is 109 cm³/mol. The monoisotopic (exact) mass is 383 g/mol. The van der Waals surface area contributed by atoms with E-state index in [9.17, 15) is 0 Å². The number of nitrogens with zero attached hydrogens (tertiary/aromatic N) is 7.